The predicted molar refractivity (Wildman–Crippen MR) is 90.3 cm³/mol. The van der Waals surface area contributed by atoms with E-state index in [-0.39, 0.29) is 0 Å². The molecule has 116 valence electrons. The Hall–Kier alpha value is -2.63. The van der Waals surface area contributed by atoms with Gasteiger partial charge in [-0.05, 0) is 25.0 Å². The van der Waals surface area contributed by atoms with Crippen LogP contribution >= 0.6 is 0 Å². The third-order valence-corrected chi connectivity index (χ3v) is 4.76. The van der Waals surface area contributed by atoms with E-state index in [0.29, 0.717) is 0 Å². The summed E-state index contributed by atoms with van der Waals surface area (Å²) in [4.78, 5) is 14.2. The minimum Gasteiger partial charge on any atom is -0.341 e. The monoisotopic (exact) mass is 306 g/mol. The Kier molecular flexibility index (Phi) is 2.76. The van der Waals surface area contributed by atoms with Crippen molar-refractivity contribution in [2.24, 2.45) is 0 Å². The minimum atomic E-state index is 0.785. The molecule has 1 aromatic carbocycles. The average Bonchev–Trinajstić information content (AvgIpc) is 3.27. The van der Waals surface area contributed by atoms with Gasteiger partial charge in [-0.2, -0.15) is 15.1 Å². The van der Waals surface area contributed by atoms with Gasteiger partial charge in [0.05, 0.1) is 11.1 Å². The zero-order valence-corrected chi connectivity index (χ0v) is 12.9. The zero-order chi connectivity index (χ0) is 15.2. The van der Waals surface area contributed by atoms with Gasteiger partial charge < -0.3 is 9.80 Å². The average molecular weight is 306 g/mol. The summed E-state index contributed by atoms with van der Waals surface area (Å²) in [6.07, 6.45) is 3.36. The normalized spacial score (nSPS) is 17.2. The highest BCUT2D eigenvalue weighted by molar-refractivity contribution is 5.94. The number of benzene rings is 1. The van der Waals surface area contributed by atoms with Crippen LogP contribution in [0.3, 0.4) is 0 Å². The summed E-state index contributed by atoms with van der Waals surface area (Å²) < 4.78 is 0. The van der Waals surface area contributed by atoms with Crippen LogP contribution in [0.2, 0.25) is 0 Å². The SMILES string of the molecule is c1ccc(N2CCc3[nH]nc4nc(N5CCCC5)nc2c34)cc1. The molecule has 5 rings (SSSR count). The molecule has 0 bridgehead atoms. The lowest BCUT2D eigenvalue weighted by atomic mass is 10.1. The van der Waals surface area contributed by atoms with Crippen molar-refractivity contribution in [1.29, 1.82) is 0 Å². The van der Waals surface area contributed by atoms with Crippen molar-refractivity contribution in [1.82, 2.24) is 20.2 Å². The van der Waals surface area contributed by atoms with Gasteiger partial charge in [-0.25, -0.2) is 0 Å². The Bertz CT molecular complexity index is 850. The van der Waals surface area contributed by atoms with Crippen molar-refractivity contribution in [3.05, 3.63) is 36.0 Å². The maximum atomic E-state index is 4.92. The quantitative estimate of drug-likeness (QED) is 0.788. The molecule has 0 spiro atoms. The first-order valence-corrected chi connectivity index (χ1v) is 8.23. The van der Waals surface area contributed by atoms with Gasteiger partial charge in [0.2, 0.25) is 5.95 Å². The lowest BCUT2D eigenvalue weighted by Gasteiger charge is -2.28. The number of hydrogen-bond donors (Lipinski definition) is 1. The fourth-order valence-electron chi connectivity index (χ4n) is 3.58. The summed E-state index contributed by atoms with van der Waals surface area (Å²) in [7, 11) is 0. The molecule has 2 aliphatic rings. The Morgan fingerprint density at radius 2 is 1.78 bits per heavy atom. The first-order chi connectivity index (χ1) is 11.4. The largest absolute Gasteiger partial charge is 0.341 e. The Morgan fingerprint density at radius 1 is 0.957 bits per heavy atom. The molecular formula is C17H18N6. The molecule has 6 heteroatoms. The standard InChI is InChI=1S/C17H18N6/c1-2-6-12(7-3-1)23-11-8-13-14-15(21-20-13)18-17(19-16(14)23)22-9-4-5-10-22/h1-3,6-7H,4-5,8-11H2,(H,18,19,20,21). The third-order valence-electron chi connectivity index (χ3n) is 4.76. The van der Waals surface area contributed by atoms with Crippen molar-refractivity contribution < 1.29 is 0 Å². The molecule has 0 unspecified atom stereocenters. The van der Waals surface area contributed by atoms with Crippen molar-refractivity contribution in [3.8, 4) is 0 Å². The molecule has 2 aliphatic heterocycles. The number of para-hydroxylation sites is 1. The van der Waals surface area contributed by atoms with E-state index in [9.17, 15) is 0 Å². The predicted octanol–water partition coefficient (Wildman–Crippen LogP) is 2.65. The molecule has 6 nitrogen and oxygen atoms in total. The molecule has 0 saturated carbocycles. The van der Waals surface area contributed by atoms with Crippen LogP contribution in [-0.2, 0) is 6.42 Å². The lowest BCUT2D eigenvalue weighted by molar-refractivity contribution is 0.843. The fraction of sp³-hybridized carbons (Fsp3) is 0.353. The molecule has 0 aliphatic carbocycles. The van der Waals surface area contributed by atoms with E-state index in [4.69, 9.17) is 9.97 Å². The number of H-pyrrole nitrogens is 1. The first kappa shape index (κ1) is 12.9. The second-order valence-corrected chi connectivity index (χ2v) is 6.18. The number of nitrogens with zero attached hydrogens (tertiary/aromatic N) is 5. The molecule has 2 aromatic heterocycles. The molecule has 1 N–H and O–H groups in total. The molecule has 0 amide bonds. The smallest absolute Gasteiger partial charge is 0.229 e. The van der Waals surface area contributed by atoms with Crippen LogP contribution in [-0.4, -0.2) is 39.8 Å². The van der Waals surface area contributed by atoms with Crippen LogP contribution in [0, 0.1) is 0 Å². The molecular weight excluding hydrogens is 288 g/mol. The highest BCUT2D eigenvalue weighted by Crippen LogP contribution is 2.36. The molecule has 1 fully saturated rings. The lowest BCUT2D eigenvalue weighted by Crippen LogP contribution is -2.27. The van der Waals surface area contributed by atoms with Crippen molar-refractivity contribution in [2.75, 3.05) is 29.4 Å². The van der Waals surface area contributed by atoms with Gasteiger partial charge in [0.1, 0.15) is 5.82 Å². The Labute approximate surface area is 134 Å². The minimum absolute atomic E-state index is 0.785. The van der Waals surface area contributed by atoms with Gasteiger partial charge in [-0.3, -0.25) is 5.10 Å². The maximum absolute atomic E-state index is 4.92. The zero-order valence-electron chi connectivity index (χ0n) is 12.9. The summed E-state index contributed by atoms with van der Waals surface area (Å²) >= 11 is 0. The molecule has 3 aromatic rings. The van der Waals surface area contributed by atoms with Crippen LogP contribution < -0.4 is 9.80 Å². The molecule has 1 saturated heterocycles. The number of aromatic amines is 1. The van der Waals surface area contributed by atoms with E-state index < -0.39 is 0 Å². The maximum Gasteiger partial charge on any atom is 0.229 e. The number of anilines is 3. The van der Waals surface area contributed by atoms with Crippen LogP contribution in [0.1, 0.15) is 18.5 Å². The van der Waals surface area contributed by atoms with Gasteiger partial charge in [-0.1, -0.05) is 18.2 Å². The number of hydrogen-bond acceptors (Lipinski definition) is 5. The summed E-state index contributed by atoms with van der Waals surface area (Å²) in [5, 5.41) is 8.64. The summed E-state index contributed by atoms with van der Waals surface area (Å²) in [5.74, 6) is 1.80. The molecule has 23 heavy (non-hydrogen) atoms. The van der Waals surface area contributed by atoms with E-state index in [2.05, 4.69) is 44.3 Å². The second-order valence-electron chi connectivity index (χ2n) is 6.18. The number of aromatic nitrogens is 4. The number of nitrogens with one attached hydrogen (secondary N) is 1. The van der Waals surface area contributed by atoms with Gasteiger partial charge in [0.25, 0.3) is 0 Å². The van der Waals surface area contributed by atoms with E-state index in [1.165, 1.54) is 18.5 Å². The molecule has 0 radical (unpaired) electrons. The summed E-state index contributed by atoms with van der Waals surface area (Å²) in [6, 6.07) is 10.4. The van der Waals surface area contributed by atoms with Crippen molar-refractivity contribution in [2.45, 2.75) is 19.3 Å². The number of rotatable bonds is 2. The topological polar surface area (TPSA) is 60.9 Å². The van der Waals surface area contributed by atoms with Crippen molar-refractivity contribution in [3.63, 3.8) is 0 Å². The Balaban J connectivity index is 1.70. The van der Waals surface area contributed by atoms with Gasteiger partial charge >= 0.3 is 0 Å². The second kappa shape index (κ2) is 4.94. The summed E-state index contributed by atoms with van der Waals surface area (Å²) in [6.45, 7) is 2.98. The highest BCUT2D eigenvalue weighted by atomic mass is 15.3. The van der Waals surface area contributed by atoms with E-state index in [1.807, 2.05) is 6.07 Å². The van der Waals surface area contributed by atoms with E-state index >= 15 is 0 Å². The summed E-state index contributed by atoms with van der Waals surface area (Å²) in [5.41, 5.74) is 3.11. The van der Waals surface area contributed by atoms with Crippen LogP contribution in [0.25, 0.3) is 11.0 Å². The van der Waals surface area contributed by atoms with E-state index in [0.717, 1.165) is 54.5 Å². The van der Waals surface area contributed by atoms with Crippen molar-refractivity contribution >= 4 is 28.5 Å². The first-order valence-electron chi connectivity index (χ1n) is 8.23. The molecule has 4 heterocycles. The van der Waals surface area contributed by atoms with Gasteiger partial charge in [-0.15, -0.1) is 0 Å². The third kappa shape index (κ3) is 1.98. The highest BCUT2D eigenvalue weighted by Gasteiger charge is 2.27. The van der Waals surface area contributed by atoms with Crippen LogP contribution in [0.15, 0.2) is 30.3 Å². The Morgan fingerprint density at radius 3 is 2.61 bits per heavy atom. The van der Waals surface area contributed by atoms with Gasteiger partial charge in [0, 0.05) is 31.7 Å². The van der Waals surface area contributed by atoms with Crippen LogP contribution in [0.4, 0.5) is 17.5 Å². The van der Waals surface area contributed by atoms with Gasteiger partial charge in [0.15, 0.2) is 5.65 Å². The van der Waals surface area contributed by atoms with E-state index in [1.54, 1.807) is 0 Å². The molecule has 0 atom stereocenters. The fourth-order valence-corrected chi connectivity index (χ4v) is 3.58. The van der Waals surface area contributed by atoms with Crippen LogP contribution in [0.5, 0.6) is 0 Å².